The monoisotopic (exact) mass is 306 g/mol. The number of alkyl halides is 1. The van der Waals surface area contributed by atoms with Gasteiger partial charge in [0.2, 0.25) is 0 Å². The fraction of sp³-hybridized carbons (Fsp3) is 0.625. The number of piperidine rings is 1. The van der Waals surface area contributed by atoms with Crippen LogP contribution in [0.5, 0.6) is 0 Å². The Labute approximate surface area is 131 Å². The van der Waals surface area contributed by atoms with Crippen LogP contribution in [0.2, 0.25) is 0 Å². The molecular weight excluding hydrogens is 284 g/mol. The second-order valence-corrected chi connectivity index (χ2v) is 6.38. The minimum absolute atomic E-state index is 0.609. The highest BCUT2D eigenvalue weighted by atomic mass is 35.5. The van der Waals surface area contributed by atoms with E-state index in [1.807, 2.05) is 18.3 Å². The number of aromatic nitrogens is 3. The molecule has 5 heteroatoms. The van der Waals surface area contributed by atoms with Crippen molar-refractivity contribution in [3.8, 4) is 0 Å². The van der Waals surface area contributed by atoms with E-state index in [4.69, 9.17) is 11.6 Å². The molecule has 3 rings (SSSR count). The second kappa shape index (κ2) is 6.75. The number of aryl methyl sites for hydroxylation is 2. The first kappa shape index (κ1) is 14.8. The lowest BCUT2D eigenvalue weighted by molar-refractivity contribution is 0.208. The molecule has 1 aliphatic rings. The fourth-order valence-corrected chi connectivity index (χ4v) is 3.35. The van der Waals surface area contributed by atoms with E-state index in [0.29, 0.717) is 5.88 Å². The van der Waals surface area contributed by atoms with Crippen molar-refractivity contribution >= 4 is 22.8 Å². The van der Waals surface area contributed by atoms with Gasteiger partial charge < -0.3 is 9.47 Å². The molecule has 0 N–H and O–H groups in total. The van der Waals surface area contributed by atoms with Crippen LogP contribution in [-0.2, 0) is 13.0 Å². The molecule has 114 valence electrons. The van der Waals surface area contributed by atoms with Gasteiger partial charge in [-0.05, 0) is 57.5 Å². The second-order valence-electron chi connectivity index (χ2n) is 6.00. The number of hydrogen-bond acceptors (Lipinski definition) is 3. The summed E-state index contributed by atoms with van der Waals surface area (Å²) in [5, 5.41) is 0. The normalized spacial score (nSPS) is 17.6. The molecule has 0 spiro atoms. The third-order valence-corrected chi connectivity index (χ3v) is 4.69. The van der Waals surface area contributed by atoms with Crippen molar-refractivity contribution in [1.82, 2.24) is 19.4 Å². The zero-order valence-electron chi connectivity index (χ0n) is 12.6. The average molecular weight is 307 g/mol. The van der Waals surface area contributed by atoms with Crippen LogP contribution in [0.1, 0.15) is 25.1 Å². The molecule has 1 fully saturated rings. The van der Waals surface area contributed by atoms with Gasteiger partial charge in [-0.25, -0.2) is 9.97 Å². The van der Waals surface area contributed by atoms with Gasteiger partial charge >= 0.3 is 0 Å². The summed E-state index contributed by atoms with van der Waals surface area (Å²) in [5.74, 6) is 2.51. The van der Waals surface area contributed by atoms with Crippen molar-refractivity contribution in [2.24, 2.45) is 5.92 Å². The number of hydrogen-bond donors (Lipinski definition) is 0. The Balaban J connectivity index is 1.74. The quantitative estimate of drug-likeness (QED) is 0.797. The molecule has 2 aromatic rings. The number of pyridine rings is 1. The zero-order valence-corrected chi connectivity index (χ0v) is 13.4. The lowest BCUT2D eigenvalue weighted by Gasteiger charge is -2.29. The van der Waals surface area contributed by atoms with Crippen molar-refractivity contribution < 1.29 is 0 Å². The van der Waals surface area contributed by atoms with E-state index < -0.39 is 0 Å². The van der Waals surface area contributed by atoms with Gasteiger partial charge in [-0.1, -0.05) is 0 Å². The summed E-state index contributed by atoms with van der Waals surface area (Å²) in [6.45, 7) is 3.46. The number of nitrogens with zero attached hydrogens (tertiary/aromatic N) is 4. The predicted octanol–water partition coefficient (Wildman–Crippen LogP) is 2.94. The predicted molar refractivity (Wildman–Crippen MR) is 86.8 cm³/mol. The van der Waals surface area contributed by atoms with E-state index >= 15 is 0 Å². The highest BCUT2D eigenvalue weighted by Gasteiger charge is 2.18. The van der Waals surface area contributed by atoms with E-state index in [1.165, 1.54) is 32.4 Å². The maximum absolute atomic E-state index is 5.92. The lowest BCUT2D eigenvalue weighted by atomic mass is 9.94. The van der Waals surface area contributed by atoms with Crippen molar-refractivity contribution in [3.63, 3.8) is 0 Å². The van der Waals surface area contributed by atoms with Crippen LogP contribution in [0.15, 0.2) is 18.3 Å². The Bertz CT molecular complexity index is 587. The molecule has 1 aliphatic heterocycles. The number of imidazole rings is 1. The van der Waals surface area contributed by atoms with Crippen LogP contribution in [-0.4, -0.2) is 45.5 Å². The standard InChI is InChI=1S/C16H23ClN4/c1-20-10-5-13(6-11-20)7-12-21-15(4-8-17)19-14-3-2-9-18-16(14)21/h2-3,9,13H,4-8,10-12H2,1H3. The highest BCUT2D eigenvalue weighted by Crippen LogP contribution is 2.22. The van der Waals surface area contributed by atoms with E-state index in [2.05, 4.69) is 26.5 Å². The first-order valence-electron chi connectivity index (χ1n) is 7.82. The average Bonchev–Trinajstić information content (AvgIpc) is 2.85. The topological polar surface area (TPSA) is 34.0 Å². The largest absolute Gasteiger partial charge is 0.313 e. The molecule has 21 heavy (non-hydrogen) atoms. The number of rotatable bonds is 5. The number of fused-ring (bicyclic) bond motifs is 1. The minimum Gasteiger partial charge on any atom is -0.313 e. The first-order chi connectivity index (χ1) is 10.3. The molecule has 0 unspecified atom stereocenters. The van der Waals surface area contributed by atoms with Crippen LogP contribution in [0.25, 0.3) is 11.2 Å². The molecule has 3 heterocycles. The summed E-state index contributed by atoms with van der Waals surface area (Å²) in [5.41, 5.74) is 1.99. The summed E-state index contributed by atoms with van der Waals surface area (Å²) < 4.78 is 2.27. The van der Waals surface area contributed by atoms with Gasteiger partial charge in [0.1, 0.15) is 11.3 Å². The molecule has 4 nitrogen and oxygen atoms in total. The molecule has 0 atom stereocenters. The van der Waals surface area contributed by atoms with Crippen LogP contribution < -0.4 is 0 Å². The van der Waals surface area contributed by atoms with Gasteiger partial charge in [0.25, 0.3) is 0 Å². The molecule has 0 aromatic carbocycles. The Morgan fingerprint density at radius 1 is 1.33 bits per heavy atom. The fourth-order valence-electron chi connectivity index (χ4n) is 3.18. The Morgan fingerprint density at radius 2 is 2.14 bits per heavy atom. The highest BCUT2D eigenvalue weighted by molar-refractivity contribution is 6.17. The van der Waals surface area contributed by atoms with Crippen LogP contribution in [0.4, 0.5) is 0 Å². The van der Waals surface area contributed by atoms with E-state index in [9.17, 15) is 0 Å². The van der Waals surface area contributed by atoms with Crippen molar-refractivity contribution in [3.05, 3.63) is 24.2 Å². The summed E-state index contributed by atoms with van der Waals surface area (Å²) in [6, 6.07) is 3.98. The minimum atomic E-state index is 0.609. The van der Waals surface area contributed by atoms with Gasteiger partial charge in [0, 0.05) is 25.0 Å². The maximum atomic E-state index is 5.92. The Kier molecular flexibility index (Phi) is 4.76. The van der Waals surface area contributed by atoms with E-state index in [1.54, 1.807) is 0 Å². The number of halogens is 1. The van der Waals surface area contributed by atoms with Gasteiger partial charge in [0.15, 0.2) is 5.65 Å². The molecule has 0 bridgehead atoms. The molecule has 2 aromatic heterocycles. The Hall–Kier alpha value is -1.13. The summed E-state index contributed by atoms with van der Waals surface area (Å²) >= 11 is 5.92. The molecule has 0 aliphatic carbocycles. The smallest absolute Gasteiger partial charge is 0.159 e. The molecule has 0 amide bonds. The van der Waals surface area contributed by atoms with Gasteiger partial charge in [-0.3, -0.25) is 0 Å². The summed E-state index contributed by atoms with van der Waals surface area (Å²) in [4.78, 5) is 11.6. The van der Waals surface area contributed by atoms with E-state index in [-0.39, 0.29) is 0 Å². The van der Waals surface area contributed by atoms with Gasteiger partial charge in [-0.15, -0.1) is 11.6 Å². The Morgan fingerprint density at radius 3 is 2.90 bits per heavy atom. The van der Waals surface area contributed by atoms with Crippen molar-refractivity contribution in [2.75, 3.05) is 26.0 Å². The van der Waals surface area contributed by atoms with Gasteiger partial charge in [-0.2, -0.15) is 0 Å². The lowest BCUT2D eigenvalue weighted by Crippen LogP contribution is -2.30. The molecular formula is C16H23ClN4. The maximum Gasteiger partial charge on any atom is 0.159 e. The number of likely N-dealkylation sites (tertiary alicyclic amines) is 1. The molecule has 0 saturated carbocycles. The van der Waals surface area contributed by atoms with Crippen LogP contribution >= 0.6 is 11.6 Å². The first-order valence-corrected chi connectivity index (χ1v) is 8.36. The van der Waals surface area contributed by atoms with Crippen molar-refractivity contribution in [1.29, 1.82) is 0 Å². The summed E-state index contributed by atoms with van der Waals surface area (Å²) in [7, 11) is 2.21. The van der Waals surface area contributed by atoms with E-state index in [0.717, 1.165) is 35.9 Å². The van der Waals surface area contributed by atoms with Crippen LogP contribution in [0.3, 0.4) is 0 Å². The zero-order chi connectivity index (χ0) is 14.7. The molecule has 0 radical (unpaired) electrons. The van der Waals surface area contributed by atoms with Gasteiger partial charge in [0.05, 0.1) is 0 Å². The third kappa shape index (κ3) is 3.38. The summed E-state index contributed by atoms with van der Waals surface area (Å²) in [6.07, 6.45) is 6.49. The van der Waals surface area contributed by atoms with Crippen LogP contribution in [0, 0.1) is 5.92 Å². The third-order valence-electron chi connectivity index (χ3n) is 4.50. The van der Waals surface area contributed by atoms with Crippen molar-refractivity contribution in [2.45, 2.75) is 32.2 Å². The SMILES string of the molecule is CN1CCC(CCn2c(CCCl)nc3cccnc32)CC1. The molecule has 1 saturated heterocycles.